The van der Waals surface area contributed by atoms with Gasteiger partial charge < -0.3 is 0 Å². The van der Waals surface area contributed by atoms with Crippen LogP contribution in [0.25, 0.3) is 10.8 Å². The molecule has 0 radical (unpaired) electrons. The van der Waals surface area contributed by atoms with E-state index in [0.29, 0.717) is 22.3 Å². The number of aryl methyl sites for hydroxylation is 1. The molecule has 3 rings (SSSR count). The van der Waals surface area contributed by atoms with Crippen LogP contribution in [0.1, 0.15) is 29.4 Å². The van der Waals surface area contributed by atoms with Crippen LogP contribution < -0.4 is 11.0 Å². The molecule has 6 nitrogen and oxygen atoms in total. The zero-order valence-electron chi connectivity index (χ0n) is 14.1. The van der Waals surface area contributed by atoms with Crippen LogP contribution in [0.2, 0.25) is 5.02 Å². The monoisotopic (exact) mass is 368 g/mol. The van der Waals surface area contributed by atoms with Gasteiger partial charge in [0.15, 0.2) is 5.69 Å². The largest absolute Gasteiger partial charge is 0.292 e. The molecule has 0 aliphatic heterocycles. The number of benzene rings is 2. The molecule has 2 aromatic carbocycles. The van der Waals surface area contributed by atoms with E-state index < -0.39 is 5.91 Å². The second-order valence-electron chi connectivity index (χ2n) is 5.68. The van der Waals surface area contributed by atoms with Crippen molar-refractivity contribution in [2.45, 2.75) is 19.9 Å². The van der Waals surface area contributed by atoms with Crippen LogP contribution in [-0.2, 0) is 6.54 Å². The Morgan fingerprint density at radius 1 is 1.23 bits per heavy atom. The first kappa shape index (κ1) is 17.8. The number of nitrogens with one attached hydrogen (secondary N) is 1. The molecule has 0 bridgehead atoms. The second kappa shape index (κ2) is 7.93. The summed E-state index contributed by atoms with van der Waals surface area (Å²) < 4.78 is 1.32. The van der Waals surface area contributed by atoms with Crippen molar-refractivity contribution in [1.29, 1.82) is 0 Å². The molecule has 0 fully saturated rings. The number of hydrogen-bond donors (Lipinski definition) is 1. The van der Waals surface area contributed by atoms with E-state index in [1.807, 2.05) is 13.0 Å². The molecule has 1 aromatic heterocycles. The third-order valence-electron chi connectivity index (χ3n) is 3.75. The summed E-state index contributed by atoms with van der Waals surface area (Å²) in [5, 5.41) is 9.72. The smallest absolute Gasteiger partial charge is 0.267 e. The summed E-state index contributed by atoms with van der Waals surface area (Å²) in [4.78, 5) is 25.0. The van der Waals surface area contributed by atoms with Gasteiger partial charge >= 0.3 is 0 Å². The Bertz CT molecular complexity index is 1040. The van der Waals surface area contributed by atoms with E-state index in [1.54, 1.807) is 42.5 Å². The first-order valence-electron chi connectivity index (χ1n) is 8.19. The number of halogens is 1. The van der Waals surface area contributed by atoms with E-state index in [2.05, 4.69) is 15.6 Å². The van der Waals surface area contributed by atoms with Crippen molar-refractivity contribution >= 4 is 34.5 Å². The number of aromatic nitrogens is 2. The second-order valence-corrected chi connectivity index (χ2v) is 6.11. The molecule has 0 aliphatic rings. The normalized spacial score (nSPS) is 11.2. The Hall–Kier alpha value is -2.99. The Morgan fingerprint density at radius 3 is 2.73 bits per heavy atom. The highest BCUT2D eigenvalue weighted by atomic mass is 35.5. The van der Waals surface area contributed by atoms with Gasteiger partial charge in [-0.1, -0.05) is 48.9 Å². The summed E-state index contributed by atoms with van der Waals surface area (Å²) >= 11 is 5.92. The van der Waals surface area contributed by atoms with Gasteiger partial charge in [0.05, 0.1) is 11.6 Å². The lowest BCUT2D eigenvalue weighted by Gasteiger charge is -2.09. The van der Waals surface area contributed by atoms with E-state index in [4.69, 9.17) is 11.6 Å². The van der Waals surface area contributed by atoms with Crippen molar-refractivity contribution in [3.8, 4) is 0 Å². The van der Waals surface area contributed by atoms with Crippen molar-refractivity contribution in [2.24, 2.45) is 5.10 Å². The number of carbonyl (C=O) groups is 1. The number of hydrazone groups is 1. The summed E-state index contributed by atoms with van der Waals surface area (Å²) in [7, 11) is 0. The van der Waals surface area contributed by atoms with E-state index in [9.17, 15) is 9.59 Å². The molecule has 7 heteroatoms. The van der Waals surface area contributed by atoms with E-state index >= 15 is 0 Å². The van der Waals surface area contributed by atoms with E-state index in [1.165, 1.54) is 10.9 Å². The predicted octanol–water partition coefficient (Wildman–Crippen LogP) is 3.22. The van der Waals surface area contributed by atoms with Crippen molar-refractivity contribution in [3.05, 3.63) is 75.2 Å². The maximum absolute atomic E-state index is 12.6. The van der Waals surface area contributed by atoms with Crippen LogP contribution in [-0.4, -0.2) is 21.9 Å². The highest BCUT2D eigenvalue weighted by Crippen LogP contribution is 2.13. The molecule has 0 saturated heterocycles. The van der Waals surface area contributed by atoms with Crippen molar-refractivity contribution < 1.29 is 4.79 Å². The fraction of sp³-hybridized carbons (Fsp3) is 0.158. The fourth-order valence-electron chi connectivity index (χ4n) is 2.57. The number of hydrogen-bond acceptors (Lipinski definition) is 4. The molecule has 0 saturated carbocycles. The average molecular weight is 369 g/mol. The number of fused-ring (bicyclic) bond motifs is 1. The van der Waals surface area contributed by atoms with Crippen molar-refractivity contribution in [3.63, 3.8) is 0 Å². The molecule has 0 spiro atoms. The van der Waals surface area contributed by atoms with Gasteiger partial charge in [-0.3, -0.25) is 9.59 Å². The maximum atomic E-state index is 12.6. The summed E-state index contributed by atoms with van der Waals surface area (Å²) in [6.07, 6.45) is 2.23. The summed E-state index contributed by atoms with van der Waals surface area (Å²) in [6, 6.07) is 14.0. The Labute approximate surface area is 155 Å². The van der Waals surface area contributed by atoms with Crippen LogP contribution in [0.3, 0.4) is 0 Å². The zero-order valence-corrected chi connectivity index (χ0v) is 14.9. The van der Waals surface area contributed by atoms with Crippen LogP contribution >= 0.6 is 11.6 Å². The molecule has 0 aliphatic carbocycles. The Morgan fingerprint density at radius 2 is 2.00 bits per heavy atom. The Kier molecular flexibility index (Phi) is 5.43. The van der Waals surface area contributed by atoms with Crippen molar-refractivity contribution in [1.82, 2.24) is 15.2 Å². The van der Waals surface area contributed by atoms with Crippen LogP contribution in [0, 0.1) is 0 Å². The number of nitrogens with zero attached hydrogens (tertiary/aromatic N) is 3. The molecule has 3 aromatic rings. The van der Waals surface area contributed by atoms with E-state index in [-0.39, 0.29) is 11.3 Å². The predicted molar refractivity (Wildman–Crippen MR) is 103 cm³/mol. The molecule has 0 atom stereocenters. The molecule has 132 valence electrons. The molecule has 0 unspecified atom stereocenters. The number of amides is 1. The average Bonchev–Trinajstić information content (AvgIpc) is 2.64. The maximum Gasteiger partial charge on any atom is 0.292 e. The van der Waals surface area contributed by atoms with Gasteiger partial charge in [0.1, 0.15) is 0 Å². The van der Waals surface area contributed by atoms with Gasteiger partial charge in [-0.05, 0) is 30.2 Å². The first-order valence-corrected chi connectivity index (χ1v) is 8.56. The minimum absolute atomic E-state index is 0.164. The van der Waals surface area contributed by atoms with Gasteiger partial charge in [0.2, 0.25) is 0 Å². The van der Waals surface area contributed by atoms with Crippen molar-refractivity contribution in [2.75, 3.05) is 0 Å². The first-order chi connectivity index (χ1) is 12.6. The summed E-state index contributed by atoms with van der Waals surface area (Å²) in [5.41, 5.74) is 3.17. The zero-order chi connectivity index (χ0) is 18.5. The Balaban J connectivity index is 1.92. The van der Waals surface area contributed by atoms with Gasteiger partial charge in [-0.25, -0.2) is 10.1 Å². The van der Waals surface area contributed by atoms with Gasteiger partial charge in [-0.15, -0.1) is 0 Å². The topological polar surface area (TPSA) is 76.3 Å². The van der Waals surface area contributed by atoms with Crippen LogP contribution in [0.4, 0.5) is 0 Å². The summed E-state index contributed by atoms with van der Waals surface area (Å²) in [5.74, 6) is -0.482. The molecular weight excluding hydrogens is 352 g/mol. The van der Waals surface area contributed by atoms with Crippen LogP contribution in [0.5, 0.6) is 0 Å². The quantitative estimate of drug-likeness (QED) is 0.555. The number of rotatable bonds is 5. The number of carbonyl (C=O) groups excluding carboxylic acids is 1. The highest BCUT2D eigenvalue weighted by Gasteiger charge is 2.15. The third kappa shape index (κ3) is 3.81. The molecule has 1 N–H and O–H groups in total. The fourth-order valence-corrected chi connectivity index (χ4v) is 2.77. The van der Waals surface area contributed by atoms with Gasteiger partial charge in [-0.2, -0.15) is 10.2 Å². The van der Waals surface area contributed by atoms with Crippen LogP contribution in [0.15, 0.2) is 58.4 Å². The van der Waals surface area contributed by atoms with Gasteiger partial charge in [0.25, 0.3) is 11.5 Å². The lowest BCUT2D eigenvalue weighted by atomic mass is 10.1. The lowest BCUT2D eigenvalue weighted by Crippen LogP contribution is -2.29. The van der Waals surface area contributed by atoms with E-state index in [0.717, 1.165) is 12.0 Å². The lowest BCUT2D eigenvalue weighted by molar-refractivity contribution is 0.0949. The molecule has 1 amide bonds. The molecule has 26 heavy (non-hydrogen) atoms. The molecular formula is C19H17ClN4O2. The summed E-state index contributed by atoms with van der Waals surface area (Å²) in [6.45, 7) is 2.38. The third-order valence-corrected chi connectivity index (χ3v) is 3.98. The minimum atomic E-state index is -0.482. The molecule has 1 heterocycles. The SMILES string of the molecule is CCCn1nc(C(=O)N/N=C\c2cccc(Cl)c2)c2ccccc2c1=O. The standard InChI is InChI=1S/C19H17ClN4O2/c1-2-10-24-19(26)16-9-4-3-8-15(16)17(23-24)18(25)22-21-12-13-6-5-7-14(20)11-13/h3-9,11-12H,2,10H2,1H3,(H,22,25)/b21-12-. The minimum Gasteiger partial charge on any atom is -0.267 e. The van der Waals surface area contributed by atoms with Gasteiger partial charge in [0, 0.05) is 17.0 Å². The highest BCUT2D eigenvalue weighted by molar-refractivity contribution is 6.30.